The van der Waals surface area contributed by atoms with Crippen molar-refractivity contribution in [3.63, 3.8) is 0 Å². The molecule has 4 nitrogen and oxygen atoms in total. The van der Waals surface area contributed by atoms with Gasteiger partial charge in [-0.1, -0.05) is 38.1 Å². The second kappa shape index (κ2) is 6.95. The van der Waals surface area contributed by atoms with E-state index in [9.17, 15) is 4.79 Å². The SMILES string of the molecule is CC(C)c1ccccc1NC(=O)CN1CCCc2c(N)cccc21. The molecule has 0 fully saturated rings. The Bertz CT molecular complexity index is 739. The molecule has 1 aliphatic rings. The summed E-state index contributed by atoms with van der Waals surface area (Å²) in [6.45, 7) is 5.50. The van der Waals surface area contributed by atoms with Crippen LogP contribution in [0.5, 0.6) is 0 Å². The summed E-state index contributed by atoms with van der Waals surface area (Å²) in [5, 5.41) is 3.07. The molecule has 2 aromatic carbocycles. The maximum absolute atomic E-state index is 12.6. The van der Waals surface area contributed by atoms with E-state index in [-0.39, 0.29) is 5.91 Å². The number of carbonyl (C=O) groups excluding carboxylic acids is 1. The monoisotopic (exact) mass is 323 g/mol. The molecular weight excluding hydrogens is 298 g/mol. The first kappa shape index (κ1) is 16.4. The van der Waals surface area contributed by atoms with Gasteiger partial charge in [0.1, 0.15) is 0 Å². The number of hydrogen-bond donors (Lipinski definition) is 2. The molecule has 0 spiro atoms. The second-order valence-corrected chi connectivity index (χ2v) is 6.66. The van der Waals surface area contributed by atoms with Crippen molar-refractivity contribution in [3.8, 4) is 0 Å². The fourth-order valence-electron chi connectivity index (χ4n) is 3.37. The molecule has 0 saturated carbocycles. The van der Waals surface area contributed by atoms with E-state index in [0.29, 0.717) is 12.5 Å². The van der Waals surface area contributed by atoms with E-state index in [1.807, 2.05) is 30.3 Å². The van der Waals surface area contributed by atoms with Crippen LogP contribution < -0.4 is 16.0 Å². The highest BCUT2D eigenvalue weighted by molar-refractivity contribution is 5.95. The zero-order valence-corrected chi connectivity index (χ0v) is 14.4. The number of para-hydroxylation sites is 1. The number of hydrogen-bond acceptors (Lipinski definition) is 3. The molecule has 0 radical (unpaired) electrons. The van der Waals surface area contributed by atoms with E-state index >= 15 is 0 Å². The van der Waals surface area contributed by atoms with Crippen LogP contribution in [0.3, 0.4) is 0 Å². The van der Waals surface area contributed by atoms with Gasteiger partial charge >= 0.3 is 0 Å². The van der Waals surface area contributed by atoms with Gasteiger partial charge in [-0.25, -0.2) is 0 Å². The van der Waals surface area contributed by atoms with Crippen molar-refractivity contribution >= 4 is 23.0 Å². The number of nitrogens with one attached hydrogen (secondary N) is 1. The molecule has 3 N–H and O–H groups in total. The Balaban J connectivity index is 1.74. The largest absolute Gasteiger partial charge is 0.398 e. The van der Waals surface area contributed by atoms with Crippen LogP contribution in [0.1, 0.15) is 37.3 Å². The Morgan fingerprint density at radius 2 is 2.00 bits per heavy atom. The van der Waals surface area contributed by atoms with E-state index in [1.54, 1.807) is 0 Å². The van der Waals surface area contributed by atoms with Gasteiger partial charge in [-0.3, -0.25) is 4.79 Å². The Labute approximate surface area is 143 Å². The highest BCUT2D eigenvalue weighted by Gasteiger charge is 2.21. The smallest absolute Gasteiger partial charge is 0.243 e. The fourth-order valence-corrected chi connectivity index (χ4v) is 3.37. The Morgan fingerprint density at radius 1 is 1.21 bits per heavy atom. The van der Waals surface area contributed by atoms with Gasteiger partial charge in [0.25, 0.3) is 0 Å². The normalized spacial score (nSPS) is 13.7. The number of benzene rings is 2. The Morgan fingerprint density at radius 3 is 2.79 bits per heavy atom. The number of amides is 1. The summed E-state index contributed by atoms with van der Waals surface area (Å²) in [5.41, 5.74) is 11.2. The van der Waals surface area contributed by atoms with Gasteiger partial charge in [0.05, 0.1) is 6.54 Å². The number of carbonyl (C=O) groups is 1. The molecule has 0 aliphatic carbocycles. The van der Waals surface area contributed by atoms with Gasteiger partial charge < -0.3 is 16.0 Å². The lowest BCUT2D eigenvalue weighted by atomic mass is 9.99. The van der Waals surface area contributed by atoms with Crippen molar-refractivity contribution in [1.29, 1.82) is 0 Å². The van der Waals surface area contributed by atoms with Crippen LogP contribution in [0.15, 0.2) is 42.5 Å². The molecule has 3 rings (SSSR count). The third-order valence-electron chi connectivity index (χ3n) is 4.57. The van der Waals surface area contributed by atoms with Crippen LogP contribution in [0.4, 0.5) is 17.1 Å². The van der Waals surface area contributed by atoms with Crippen molar-refractivity contribution in [2.45, 2.75) is 32.6 Å². The van der Waals surface area contributed by atoms with Gasteiger partial charge in [-0.2, -0.15) is 0 Å². The molecule has 1 amide bonds. The summed E-state index contributed by atoms with van der Waals surface area (Å²) in [4.78, 5) is 14.7. The van der Waals surface area contributed by atoms with E-state index < -0.39 is 0 Å². The first-order valence-corrected chi connectivity index (χ1v) is 8.57. The molecule has 1 aliphatic heterocycles. The highest BCUT2D eigenvalue weighted by Crippen LogP contribution is 2.31. The van der Waals surface area contributed by atoms with Crippen LogP contribution >= 0.6 is 0 Å². The minimum atomic E-state index is 0.0124. The standard InChI is InChI=1S/C20H25N3O/c1-14(2)15-7-3-4-10-18(15)22-20(24)13-23-12-6-8-16-17(21)9-5-11-19(16)23/h3-5,7,9-11,14H,6,8,12-13,21H2,1-2H3,(H,22,24). The number of nitrogens with two attached hydrogens (primary N) is 1. The van der Waals surface area contributed by atoms with Crippen LogP contribution in [0.25, 0.3) is 0 Å². The predicted octanol–water partition coefficient (Wildman–Crippen LogP) is 3.78. The molecule has 0 unspecified atom stereocenters. The average molecular weight is 323 g/mol. The van der Waals surface area contributed by atoms with Crippen LogP contribution in [0, 0.1) is 0 Å². The predicted molar refractivity (Wildman–Crippen MR) is 101 cm³/mol. The summed E-state index contributed by atoms with van der Waals surface area (Å²) in [5.74, 6) is 0.385. The topological polar surface area (TPSA) is 58.4 Å². The maximum atomic E-state index is 12.6. The first-order valence-electron chi connectivity index (χ1n) is 8.57. The zero-order valence-electron chi connectivity index (χ0n) is 14.4. The quantitative estimate of drug-likeness (QED) is 0.842. The molecular formula is C20H25N3O. The summed E-state index contributed by atoms with van der Waals surface area (Å²) >= 11 is 0. The van der Waals surface area contributed by atoms with Gasteiger partial charge in [0.2, 0.25) is 5.91 Å². The van der Waals surface area contributed by atoms with E-state index in [4.69, 9.17) is 5.73 Å². The van der Waals surface area contributed by atoms with E-state index in [0.717, 1.165) is 42.0 Å². The van der Waals surface area contributed by atoms with Crippen LogP contribution in [0.2, 0.25) is 0 Å². The van der Waals surface area contributed by atoms with Crippen molar-refractivity contribution in [1.82, 2.24) is 0 Å². The lowest BCUT2D eigenvalue weighted by molar-refractivity contribution is -0.115. The molecule has 0 bridgehead atoms. The summed E-state index contributed by atoms with van der Waals surface area (Å²) in [6.07, 6.45) is 2.01. The van der Waals surface area contributed by atoms with Gasteiger partial charge in [-0.05, 0) is 48.1 Å². The van der Waals surface area contributed by atoms with Gasteiger partial charge in [0.15, 0.2) is 0 Å². The van der Waals surface area contributed by atoms with Gasteiger partial charge in [0, 0.05) is 23.6 Å². The maximum Gasteiger partial charge on any atom is 0.243 e. The van der Waals surface area contributed by atoms with Crippen LogP contribution in [-0.2, 0) is 11.2 Å². The summed E-state index contributed by atoms with van der Waals surface area (Å²) in [6, 6.07) is 13.9. The summed E-state index contributed by atoms with van der Waals surface area (Å²) in [7, 11) is 0. The molecule has 0 aromatic heterocycles. The third-order valence-corrected chi connectivity index (χ3v) is 4.57. The van der Waals surface area contributed by atoms with Crippen molar-refractivity contribution in [3.05, 3.63) is 53.6 Å². The van der Waals surface area contributed by atoms with Crippen molar-refractivity contribution in [2.24, 2.45) is 0 Å². The van der Waals surface area contributed by atoms with Crippen LogP contribution in [-0.4, -0.2) is 19.0 Å². The second-order valence-electron chi connectivity index (χ2n) is 6.66. The lowest BCUT2D eigenvalue weighted by Gasteiger charge is -2.31. The van der Waals surface area contributed by atoms with E-state index in [1.165, 1.54) is 5.56 Å². The number of rotatable bonds is 4. The Kier molecular flexibility index (Phi) is 4.74. The zero-order chi connectivity index (χ0) is 17.1. The lowest BCUT2D eigenvalue weighted by Crippen LogP contribution is -2.37. The molecule has 1 heterocycles. The third kappa shape index (κ3) is 3.37. The Hall–Kier alpha value is -2.49. The molecule has 126 valence electrons. The number of nitrogens with zero attached hydrogens (tertiary/aromatic N) is 1. The number of anilines is 3. The average Bonchev–Trinajstić information content (AvgIpc) is 2.56. The first-order chi connectivity index (χ1) is 11.6. The van der Waals surface area contributed by atoms with Crippen molar-refractivity contribution < 1.29 is 4.79 Å². The fraction of sp³-hybridized carbons (Fsp3) is 0.350. The minimum Gasteiger partial charge on any atom is -0.398 e. The molecule has 2 aromatic rings. The van der Waals surface area contributed by atoms with Gasteiger partial charge in [-0.15, -0.1) is 0 Å². The number of nitrogen functional groups attached to an aromatic ring is 1. The van der Waals surface area contributed by atoms with Crippen molar-refractivity contribution in [2.75, 3.05) is 29.0 Å². The highest BCUT2D eigenvalue weighted by atomic mass is 16.2. The minimum absolute atomic E-state index is 0.0124. The van der Waals surface area contributed by atoms with E-state index in [2.05, 4.69) is 36.2 Å². The molecule has 4 heteroatoms. The number of fused-ring (bicyclic) bond motifs is 1. The molecule has 0 atom stereocenters. The molecule has 24 heavy (non-hydrogen) atoms. The summed E-state index contributed by atoms with van der Waals surface area (Å²) < 4.78 is 0. The molecule has 0 saturated heterocycles.